The predicted octanol–water partition coefficient (Wildman–Crippen LogP) is 2.75. The maximum absolute atomic E-state index is 12.7. The summed E-state index contributed by atoms with van der Waals surface area (Å²) in [5, 5.41) is 2.90. The number of aromatic amines is 1. The summed E-state index contributed by atoms with van der Waals surface area (Å²) >= 11 is 0. The molecule has 3 rings (SSSR count). The normalized spacial score (nSPS) is 12.0. The Morgan fingerprint density at radius 1 is 1.33 bits per heavy atom. The Kier molecular flexibility index (Phi) is 5.49. The van der Waals surface area contributed by atoms with E-state index in [2.05, 4.69) is 20.3 Å². The fraction of sp³-hybridized carbons (Fsp3) is 0.300. The van der Waals surface area contributed by atoms with E-state index < -0.39 is 11.5 Å². The van der Waals surface area contributed by atoms with E-state index in [0.29, 0.717) is 5.82 Å². The molecular weight excluding hydrogens is 342 g/mol. The monoisotopic (exact) mass is 365 g/mol. The van der Waals surface area contributed by atoms with Crippen LogP contribution in [0, 0.1) is 6.92 Å². The molecule has 3 aromatic rings. The Hall–Kier alpha value is -3.22. The highest BCUT2D eigenvalue weighted by atomic mass is 16.2. The Balaban J connectivity index is 1.84. The van der Waals surface area contributed by atoms with E-state index in [4.69, 9.17) is 0 Å². The van der Waals surface area contributed by atoms with Gasteiger partial charge in [-0.15, -0.1) is 0 Å². The van der Waals surface area contributed by atoms with Gasteiger partial charge in [0, 0.05) is 31.2 Å². The summed E-state index contributed by atoms with van der Waals surface area (Å²) in [6.07, 6.45) is 6.44. The van der Waals surface area contributed by atoms with Crippen molar-refractivity contribution < 1.29 is 4.79 Å². The molecular formula is C20H23N5O2. The Morgan fingerprint density at radius 2 is 2.15 bits per heavy atom. The van der Waals surface area contributed by atoms with Crippen molar-refractivity contribution in [3.05, 3.63) is 70.2 Å². The largest absolute Gasteiger partial charge is 0.342 e. The molecule has 0 fully saturated rings. The first-order chi connectivity index (χ1) is 13.0. The van der Waals surface area contributed by atoms with Crippen LogP contribution >= 0.6 is 0 Å². The van der Waals surface area contributed by atoms with E-state index in [1.807, 2.05) is 55.9 Å². The molecule has 0 aliphatic rings. The average molecular weight is 365 g/mol. The third-order valence-corrected chi connectivity index (χ3v) is 4.39. The molecule has 0 radical (unpaired) electrons. The van der Waals surface area contributed by atoms with Crippen molar-refractivity contribution in [3.8, 4) is 11.4 Å². The molecule has 140 valence electrons. The molecule has 0 aliphatic carbocycles. The van der Waals surface area contributed by atoms with E-state index in [1.165, 1.54) is 6.20 Å². The molecule has 7 nitrogen and oxygen atoms in total. The molecule has 2 N–H and O–H groups in total. The maximum Gasteiger partial charge on any atom is 0.264 e. The third kappa shape index (κ3) is 4.13. The zero-order valence-electron chi connectivity index (χ0n) is 15.7. The summed E-state index contributed by atoms with van der Waals surface area (Å²) in [5.74, 6) is 0.737. The third-order valence-electron chi connectivity index (χ3n) is 4.39. The lowest BCUT2D eigenvalue weighted by molar-refractivity contribution is 0.0930. The van der Waals surface area contributed by atoms with Gasteiger partial charge in [-0.2, -0.15) is 0 Å². The molecule has 0 saturated carbocycles. The molecule has 27 heavy (non-hydrogen) atoms. The van der Waals surface area contributed by atoms with Crippen LogP contribution in [-0.2, 0) is 7.05 Å². The molecule has 1 amide bonds. The summed E-state index contributed by atoms with van der Waals surface area (Å²) < 4.78 is 1.87. The number of carbonyl (C=O) groups is 1. The molecule has 2 aromatic heterocycles. The van der Waals surface area contributed by atoms with Crippen LogP contribution in [0.25, 0.3) is 11.4 Å². The van der Waals surface area contributed by atoms with Gasteiger partial charge in [0.1, 0.15) is 17.2 Å². The molecule has 2 heterocycles. The summed E-state index contributed by atoms with van der Waals surface area (Å²) in [4.78, 5) is 36.4. The number of nitrogens with zero attached hydrogens (tertiary/aromatic N) is 3. The fourth-order valence-electron chi connectivity index (χ4n) is 3.00. The van der Waals surface area contributed by atoms with Gasteiger partial charge in [0.2, 0.25) is 0 Å². The molecule has 0 unspecified atom stereocenters. The predicted molar refractivity (Wildman–Crippen MR) is 103 cm³/mol. The van der Waals surface area contributed by atoms with Crippen LogP contribution in [0.1, 0.15) is 47.6 Å². The van der Waals surface area contributed by atoms with Crippen molar-refractivity contribution in [1.29, 1.82) is 0 Å². The van der Waals surface area contributed by atoms with Crippen LogP contribution in [0.4, 0.5) is 0 Å². The average Bonchev–Trinajstić information content (AvgIpc) is 3.07. The molecule has 1 atom stereocenters. The number of amides is 1. The lowest BCUT2D eigenvalue weighted by atomic mass is 10.1. The van der Waals surface area contributed by atoms with Crippen LogP contribution < -0.4 is 10.9 Å². The minimum atomic E-state index is -0.464. The number of hydrogen-bond donors (Lipinski definition) is 2. The second kappa shape index (κ2) is 7.99. The number of aromatic nitrogens is 4. The number of rotatable bonds is 6. The minimum Gasteiger partial charge on any atom is -0.342 e. The SMILES string of the molecule is CCC[C@@H](NC(=O)c1cnc(-c2cccc(C)c2)[nH]c1=O)c1nccn1C. The van der Waals surface area contributed by atoms with E-state index in [1.54, 1.807) is 6.20 Å². The van der Waals surface area contributed by atoms with Gasteiger partial charge in [-0.1, -0.05) is 37.1 Å². The Labute approximate surface area is 157 Å². The number of benzene rings is 1. The minimum absolute atomic E-state index is 0.0123. The molecule has 0 spiro atoms. The van der Waals surface area contributed by atoms with Crippen LogP contribution in [0.2, 0.25) is 0 Å². The first kappa shape index (κ1) is 18.6. The quantitative estimate of drug-likeness (QED) is 0.702. The van der Waals surface area contributed by atoms with Crippen molar-refractivity contribution >= 4 is 5.91 Å². The van der Waals surface area contributed by atoms with Gasteiger partial charge in [-0.3, -0.25) is 9.59 Å². The van der Waals surface area contributed by atoms with Gasteiger partial charge < -0.3 is 14.9 Å². The van der Waals surface area contributed by atoms with Gasteiger partial charge in [0.05, 0.1) is 6.04 Å². The smallest absolute Gasteiger partial charge is 0.264 e. The van der Waals surface area contributed by atoms with Gasteiger partial charge in [-0.05, 0) is 19.4 Å². The van der Waals surface area contributed by atoms with E-state index in [-0.39, 0.29) is 11.6 Å². The fourth-order valence-corrected chi connectivity index (χ4v) is 3.00. The second-order valence-electron chi connectivity index (χ2n) is 6.56. The van der Waals surface area contributed by atoms with Crippen molar-refractivity contribution in [2.75, 3.05) is 0 Å². The maximum atomic E-state index is 12.7. The van der Waals surface area contributed by atoms with E-state index in [0.717, 1.165) is 29.8 Å². The summed E-state index contributed by atoms with van der Waals surface area (Å²) in [7, 11) is 1.88. The van der Waals surface area contributed by atoms with Crippen molar-refractivity contribution in [3.63, 3.8) is 0 Å². The van der Waals surface area contributed by atoms with Crippen molar-refractivity contribution in [2.24, 2.45) is 7.05 Å². The second-order valence-corrected chi connectivity index (χ2v) is 6.56. The zero-order valence-corrected chi connectivity index (χ0v) is 15.7. The number of H-pyrrole nitrogens is 1. The molecule has 0 bridgehead atoms. The van der Waals surface area contributed by atoms with Crippen LogP contribution in [0.15, 0.2) is 47.7 Å². The van der Waals surface area contributed by atoms with Crippen LogP contribution in [0.3, 0.4) is 0 Å². The summed E-state index contributed by atoms with van der Waals surface area (Å²) in [6, 6.07) is 7.39. The number of imidazole rings is 1. The lowest BCUT2D eigenvalue weighted by Gasteiger charge is -2.17. The zero-order chi connectivity index (χ0) is 19.4. The molecule has 1 aromatic carbocycles. The first-order valence-electron chi connectivity index (χ1n) is 8.94. The van der Waals surface area contributed by atoms with Crippen molar-refractivity contribution in [2.45, 2.75) is 32.7 Å². The van der Waals surface area contributed by atoms with Crippen molar-refractivity contribution in [1.82, 2.24) is 24.8 Å². The van der Waals surface area contributed by atoms with E-state index >= 15 is 0 Å². The van der Waals surface area contributed by atoms with Crippen LogP contribution in [-0.4, -0.2) is 25.4 Å². The highest BCUT2D eigenvalue weighted by Gasteiger charge is 2.20. The molecule has 0 aliphatic heterocycles. The molecule has 7 heteroatoms. The highest BCUT2D eigenvalue weighted by molar-refractivity contribution is 5.93. The Bertz CT molecular complexity index is 1010. The van der Waals surface area contributed by atoms with E-state index in [9.17, 15) is 9.59 Å². The first-order valence-corrected chi connectivity index (χ1v) is 8.94. The Morgan fingerprint density at radius 3 is 2.78 bits per heavy atom. The van der Waals surface area contributed by atoms with Gasteiger partial charge in [0.25, 0.3) is 11.5 Å². The number of aryl methyl sites for hydroxylation is 2. The standard InChI is InChI=1S/C20H23N5O2/c1-4-6-16(18-21-9-10-25(18)3)23-19(26)15-12-22-17(24-20(15)27)14-8-5-7-13(2)11-14/h5,7-12,16H,4,6H2,1-3H3,(H,23,26)(H,22,24,27)/t16-/m1/s1. The van der Waals surface area contributed by atoms with Gasteiger partial charge in [-0.25, -0.2) is 9.97 Å². The summed E-state index contributed by atoms with van der Waals surface area (Å²) in [6.45, 7) is 4.00. The number of nitrogens with one attached hydrogen (secondary N) is 2. The van der Waals surface area contributed by atoms with Crippen LogP contribution in [0.5, 0.6) is 0 Å². The summed E-state index contributed by atoms with van der Waals surface area (Å²) in [5.41, 5.74) is 1.39. The lowest BCUT2D eigenvalue weighted by Crippen LogP contribution is -2.34. The molecule has 0 saturated heterocycles. The van der Waals surface area contributed by atoms with Gasteiger partial charge in [0.15, 0.2) is 0 Å². The highest BCUT2D eigenvalue weighted by Crippen LogP contribution is 2.17. The topological polar surface area (TPSA) is 92.7 Å². The van der Waals surface area contributed by atoms with Gasteiger partial charge >= 0.3 is 0 Å². The number of carbonyl (C=O) groups excluding carboxylic acids is 1. The number of hydrogen-bond acceptors (Lipinski definition) is 4.